The fourth-order valence-electron chi connectivity index (χ4n) is 1.77. The van der Waals surface area contributed by atoms with Gasteiger partial charge in [-0.15, -0.1) is 0 Å². The van der Waals surface area contributed by atoms with E-state index in [1.54, 1.807) is 0 Å². The molecule has 15 heavy (non-hydrogen) atoms. The Morgan fingerprint density at radius 3 is 2.80 bits per heavy atom. The monoisotopic (exact) mass is 201 g/mol. The minimum absolute atomic E-state index is 0.969. The number of benzene rings is 1. The molecule has 0 aliphatic rings. The van der Waals surface area contributed by atoms with Crippen molar-refractivity contribution >= 4 is 10.9 Å². The van der Waals surface area contributed by atoms with Crippen LogP contribution in [0.15, 0.2) is 24.3 Å². The Morgan fingerprint density at radius 2 is 2.00 bits per heavy atom. The smallest absolute Gasteiger partial charge is 0.0932 e. The quantitative estimate of drug-likeness (QED) is 0.821. The molecule has 3 heteroatoms. The maximum Gasteiger partial charge on any atom is 0.0932 e. The standard InChI is InChI=1S/C12H15N3/c1-9-10(7-8-13-2)11-5-3-4-6-12(11)15-14-9/h3-6,13H,7-8H2,1-2H3. The van der Waals surface area contributed by atoms with Gasteiger partial charge in [0, 0.05) is 5.39 Å². The molecular weight excluding hydrogens is 186 g/mol. The Labute approximate surface area is 89.5 Å². The van der Waals surface area contributed by atoms with Gasteiger partial charge in [0.05, 0.1) is 11.2 Å². The van der Waals surface area contributed by atoms with Crippen molar-refractivity contribution in [1.82, 2.24) is 15.5 Å². The normalized spacial score (nSPS) is 10.8. The Balaban J connectivity index is 2.53. The molecular formula is C12H15N3. The van der Waals surface area contributed by atoms with E-state index in [1.165, 1.54) is 10.9 Å². The van der Waals surface area contributed by atoms with Crippen LogP contribution in [0.3, 0.4) is 0 Å². The van der Waals surface area contributed by atoms with E-state index in [4.69, 9.17) is 0 Å². The van der Waals surface area contributed by atoms with Gasteiger partial charge in [-0.3, -0.25) is 0 Å². The van der Waals surface area contributed by atoms with Gasteiger partial charge in [-0.2, -0.15) is 10.2 Å². The predicted octanol–water partition coefficient (Wildman–Crippen LogP) is 1.70. The number of aromatic nitrogens is 2. The van der Waals surface area contributed by atoms with Crippen LogP contribution in [0, 0.1) is 6.92 Å². The molecule has 2 rings (SSSR count). The second-order valence-corrected chi connectivity index (χ2v) is 3.63. The predicted molar refractivity (Wildman–Crippen MR) is 61.9 cm³/mol. The molecule has 3 nitrogen and oxygen atoms in total. The number of rotatable bonds is 3. The first-order chi connectivity index (χ1) is 7.33. The topological polar surface area (TPSA) is 37.8 Å². The van der Waals surface area contributed by atoms with Crippen LogP contribution in [-0.2, 0) is 6.42 Å². The Hall–Kier alpha value is -1.48. The lowest BCUT2D eigenvalue weighted by Crippen LogP contribution is -2.12. The molecule has 0 atom stereocenters. The highest BCUT2D eigenvalue weighted by molar-refractivity contribution is 5.82. The van der Waals surface area contributed by atoms with Crippen LogP contribution in [0.2, 0.25) is 0 Å². The fourth-order valence-corrected chi connectivity index (χ4v) is 1.77. The van der Waals surface area contributed by atoms with E-state index in [0.717, 1.165) is 24.2 Å². The maximum atomic E-state index is 4.18. The molecule has 1 aromatic carbocycles. The number of hydrogen-bond acceptors (Lipinski definition) is 3. The van der Waals surface area contributed by atoms with Crippen molar-refractivity contribution in [3.8, 4) is 0 Å². The van der Waals surface area contributed by atoms with Crippen LogP contribution in [0.5, 0.6) is 0 Å². The van der Waals surface area contributed by atoms with Crippen LogP contribution in [0.25, 0.3) is 10.9 Å². The van der Waals surface area contributed by atoms with Crippen LogP contribution in [-0.4, -0.2) is 23.8 Å². The average molecular weight is 201 g/mol. The molecule has 0 saturated heterocycles. The first-order valence-electron chi connectivity index (χ1n) is 5.18. The summed E-state index contributed by atoms with van der Waals surface area (Å²) >= 11 is 0. The number of nitrogens with one attached hydrogen (secondary N) is 1. The largest absolute Gasteiger partial charge is 0.319 e. The summed E-state index contributed by atoms with van der Waals surface area (Å²) in [5.41, 5.74) is 3.31. The van der Waals surface area contributed by atoms with Gasteiger partial charge >= 0.3 is 0 Å². The van der Waals surface area contributed by atoms with Crippen molar-refractivity contribution in [3.63, 3.8) is 0 Å². The van der Waals surface area contributed by atoms with Gasteiger partial charge in [-0.25, -0.2) is 0 Å². The molecule has 0 spiro atoms. The van der Waals surface area contributed by atoms with Crippen LogP contribution in [0.4, 0.5) is 0 Å². The van der Waals surface area contributed by atoms with E-state index < -0.39 is 0 Å². The summed E-state index contributed by atoms with van der Waals surface area (Å²) in [5, 5.41) is 12.7. The van der Waals surface area contributed by atoms with Crippen molar-refractivity contribution in [2.75, 3.05) is 13.6 Å². The summed E-state index contributed by atoms with van der Waals surface area (Å²) < 4.78 is 0. The van der Waals surface area contributed by atoms with Gasteiger partial charge in [0.2, 0.25) is 0 Å². The lowest BCUT2D eigenvalue weighted by atomic mass is 10.0. The molecule has 1 N–H and O–H groups in total. The lowest BCUT2D eigenvalue weighted by molar-refractivity contribution is 0.784. The van der Waals surface area contributed by atoms with Crippen molar-refractivity contribution in [1.29, 1.82) is 0 Å². The SMILES string of the molecule is CNCCc1c(C)nnc2ccccc12. The highest BCUT2D eigenvalue weighted by Crippen LogP contribution is 2.18. The molecule has 0 saturated carbocycles. The van der Waals surface area contributed by atoms with Crippen LogP contribution < -0.4 is 5.32 Å². The number of fused-ring (bicyclic) bond motifs is 1. The number of likely N-dealkylation sites (N-methyl/N-ethyl adjacent to an activating group) is 1. The molecule has 1 aromatic heterocycles. The summed E-state index contributed by atoms with van der Waals surface area (Å²) in [7, 11) is 1.96. The third kappa shape index (κ3) is 1.97. The van der Waals surface area contributed by atoms with E-state index in [2.05, 4.69) is 21.6 Å². The molecule has 0 aliphatic heterocycles. The van der Waals surface area contributed by atoms with Gasteiger partial charge in [-0.05, 0) is 38.6 Å². The second kappa shape index (κ2) is 4.36. The molecule has 78 valence electrons. The molecule has 0 aliphatic carbocycles. The molecule has 0 amide bonds. The van der Waals surface area contributed by atoms with Gasteiger partial charge in [0.15, 0.2) is 0 Å². The molecule has 0 fully saturated rings. The van der Waals surface area contributed by atoms with Gasteiger partial charge < -0.3 is 5.32 Å². The summed E-state index contributed by atoms with van der Waals surface area (Å²) in [5.74, 6) is 0. The zero-order valence-corrected chi connectivity index (χ0v) is 9.12. The Kier molecular flexibility index (Phi) is 2.92. The van der Waals surface area contributed by atoms with E-state index in [9.17, 15) is 0 Å². The van der Waals surface area contributed by atoms with Crippen molar-refractivity contribution in [2.24, 2.45) is 0 Å². The first kappa shape index (κ1) is 10.1. The second-order valence-electron chi connectivity index (χ2n) is 3.63. The number of nitrogens with zero attached hydrogens (tertiary/aromatic N) is 2. The van der Waals surface area contributed by atoms with E-state index in [-0.39, 0.29) is 0 Å². The Bertz CT molecular complexity index is 465. The highest BCUT2D eigenvalue weighted by Gasteiger charge is 2.05. The molecule has 2 aromatic rings. The Morgan fingerprint density at radius 1 is 1.20 bits per heavy atom. The molecule has 0 radical (unpaired) electrons. The molecule has 0 bridgehead atoms. The van der Waals surface area contributed by atoms with Crippen molar-refractivity contribution in [2.45, 2.75) is 13.3 Å². The van der Waals surface area contributed by atoms with E-state index in [1.807, 2.05) is 32.2 Å². The summed E-state index contributed by atoms with van der Waals surface area (Å²) in [6.45, 7) is 2.99. The number of hydrogen-bond donors (Lipinski definition) is 1. The zero-order valence-electron chi connectivity index (χ0n) is 9.12. The van der Waals surface area contributed by atoms with Crippen molar-refractivity contribution in [3.05, 3.63) is 35.5 Å². The molecule has 1 heterocycles. The minimum Gasteiger partial charge on any atom is -0.319 e. The van der Waals surface area contributed by atoms with Crippen LogP contribution in [0.1, 0.15) is 11.3 Å². The van der Waals surface area contributed by atoms with E-state index in [0.29, 0.717) is 0 Å². The number of aryl methyl sites for hydroxylation is 1. The third-order valence-electron chi connectivity index (χ3n) is 2.60. The first-order valence-corrected chi connectivity index (χ1v) is 5.18. The van der Waals surface area contributed by atoms with Crippen molar-refractivity contribution < 1.29 is 0 Å². The highest BCUT2D eigenvalue weighted by atomic mass is 15.1. The maximum absolute atomic E-state index is 4.18. The third-order valence-corrected chi connectivity index (χ3v) is 2.60. The summed E-state index contributed by atoms with van der Waals surface area (Å²) in [4.78, 5) is 0. The zero-order chi connectivity index (χ0) is 10.7. The van der Waals surface area contributed by atoms with E-state index >= 15 is 0 Å². The lowest BCUT2D eigenvalue weighted by Gasteiger charge is -2.07. The summed E-state index contributed by atoms with van der Waals surface area (Å²) in [6, 6.07) is 8.16. The molecule has 0 unspecified atom stereocenters. The van der Waals surface area contributed by atoms with Gasteiger partial charge in [0.1, 0.15) is 0 Å². The average Bonchev–Trinajstić information content (AvgIpc) is 2.28. The summed E-state index contributed by atoms with van der Waals surface area (Å²) in [6.07, 6.45) is 0.998. The minimum atomic E-state index is 0.969. The fraction of sp³-hybridized carbons (Fsp3) is 0.333. The van der Waals surface area contributed by atoms with Gasteiger partial charge in [-0.1, -0.05) is 18.2 Å². The van der Waals surface area contributed by atoms with Crippen LogP contribution >= 0.6 is 0 Å². The van der Waals surface area contributed by atoms with Gasteiger partial charge in [0.25, 0.3) is 0 Å².